The predicted molar refractivity (Wildman–Crippen MR) is 116 cm³/mol. The molecule has 6 heteroatoms. The normalized spacial score (nSPS) is 15.2. The van der Waals surface area contributed by atoms with Crippen molar-refractivity contribution in [3.63, 3.8) is 0 Å². The van der Waals surface area contributed by atoms with Gasteiger partial charge < -0.3 is 15.3 Å². The Hall–Kier alpha value is -2.53. The highest BCUT2D eigenvalue weighted by molar-refractivity contribution is 6.30. The van der Waals surface area contributed by atoms with Crippen LogP contribution in [0.1, 0.15) is 49.5 Å². The third kappa shape index (κ3) is 5.10. The summed E-state index contributed by atoms with van der Waals surface area (Å²) in [4.78, 5) is 27.1. The zero-order chi connectivity index (χ0) is 21.2. The summed E-state index contributed by atoms with van der Waals surface area (Å²) in [6.07, 6.45) is 1.18. The number of phenolic OH excluding ortho intramolecular Hbond substituents is 1. The summed E-state index contributed by atoms with van der Waals surface area (Å²) in [6, 6.07) is 12.1. The van der Waals surface area contributed by atoms with Crippen LogP contribution >= 0.6 is 11.6 Å². The topological polar surface area (TPSA) is 69.6 Å². The zero-order valence-corrected chi connectivity index (χ0v) is 17.8. The summed E-state index contributed by atoms with van der Waals surface area (Å²) in [5.41, 5.74) is 1.98. The molecular weight excluding hydrogens is 388 g/mol. The number of anilines is 1. The lowest BCUT2D eigenvalue weighted by atomic mass is 9.86. The summed E-state index contributed by atoms with van der Waals surface area (Å²) in [7, 11) is 0. The van der Waals surface area contributed by atoms with E-state index in [1.165, 1.54) is 0 Å². The molecule has 2 amide bonds. The smallest absolute Gasteiger partial charge is 0.253 e. The fraction of sp³-hybridized carbons (Fsp3) is 0.391. The van der Waals surface area contributed by atoms with Crippen molar-refractivity contribution in [3.8, 4) is 5.75 Å². The molecule has 1 saturated heterocycles. The number of benzene rings is 2. The molecule has 0 saturated carbocycles. The molecule has 0 aromatic heterocycles. The number of nitrogens with one attached hydrogen (secondary N) is 1. The van der Waals surface area contributed by atoms with Crippen LogP contribution in [0.15, 0.2) is 42.5 Å². The number of hydrogen-bond acceptors (Lipinski definition) is 3. The number of nitrogens with zero attached hydrogens (tertiary/aromatic N) is 1. The highest BCUT2D eigenvalue weighted by atomic mass is 35.5. The van der Waals surface area contributed by atoms with E-state index in [0.717, 1.165) is 5.56 Å². The maximum absolute atomic E-state index is 12.7. The van der Waals surface area contributed by atoms with E-state index in [4.69, 9.17) is 11.6 Å². The van der Waals surface area contributed by atoms with Gasteiger partial charge in [-0.1, -0.05) is 38.4 Å². The standard InChI is InChI=1S/C23H27ClN2O3/c1-23(2,3)17-6-9-20(27)19(14-17)25-21(28)15-10-12-26(13-11-15)22(29)16-4-7-18(24)8-5-16/h4-9,14-15,27H,10-13H2,1-3H3,(H,25,28). The third-order valence-electron chi connectivity index (χ3n) is 5.36. The number of rotatable bonds is 3. The molecule has 1 aliphatic heterocycles. The number of hydrogen-bond donors (Lipinski definition) is 2. The molecule has 154 valence electrons. The van der Waals surface area contributed by atoms with Crippen LogP contribution in [0.5, 0.6) is 5.75 Å². The van der Waals surface area contributed by atoms with Gasteiger partial charge in [0.2, 0.25) is 5.91 Å². The maximum Gasteiger partial charge on any atom is 0.253 e. The van der Waals surface area contributed by atoms with Gasteiger partial charge in [0.15, 0.2) is 0 Å². The van der Waals surface area contributed by atoms with Gasteiger partial charge in [-0.05, 0) is 60.2 Å². The van der Waals surface area contributed by atoms with Gasteiger partial charge in [-0.25, -0.2) is 0 Å². The Kier molecular flexibility index (Phi) is 6.18. The van der Waals surface area contributed by atoms with Crippen LogP contribution in [0, 0.1) is 5.92 Å². The van der Waals surface area contributed by atoms with Gasteiger partial charge in [0, 0.05) is 29.6 Å². The number of aromatic hydroxyl groups is 1. The molecule has 1 aliphatic rings. The molecule has 0 unspecified atom stereocenters. The fourth-order valence-electron chi connectivity index (χ4n) is 3.46. The quantitative estimate of drug-likeness (QED) is 0.706. The van der Waals surface area contributed by atoms with Gasteiger partial charge in [-0.3, -0.25) is 9.59 Å². The number of piperidine rings is 1. The molecule has 2 aromatic rings. The number of amides is 2. The van der Waals surface area contributed by atoms with Crippen LogP contribution in [0.2, 0.25) is 5.02 Å². The van der Waals surface area contributed by atoms with Crippen molar-refractivity contribution in [2.45, 2.75) is 39.0 Å². The lowest BCUT2D eigenvalue weighted by Crippen LogP contribution is -2.41. The Bertz CT molecular complexity index is 895. The average Bonchev–Trinajstić information content (AvgIpc) is 2.69. The van der Waals surface area contributed by atoms with Gasteiger partial charge in [-0.15, -0.1) is 0 Å². The van der Waals surface area contributed by atoms with Crippen LogP contribution in [-0.2, 0) is 10.2 Å². The van der Waals surface area contributed by atoms with E-state index < -0.39 is 0 Å². The first-order valence-corrected chi connectivity index (χ1v) is 10.2. The second-order valence-corrected chi connectivity index (χ2v) is 8.98. The van der Waals surface area contributed by atoms with E-state index in [9.17, 15) is 14.7 Å². The molecule has 2 aromatic carbocycles. The van der Waals surface area contributed by atoms with Crippen LogP contribution in [0.3, 0.4) is 0 Å². The van der Waals surface area contributed by atoms with Crippen molar-refractivity contribution >= 4 is 29.1 Å². The number of carbonyl (C=O) groups is 2. The minimum absolute atomic E-state index is 0.0453. The number of likely N-dealkylation sites (tertiary alicyclic amines) is 1. The van der Waals surface area contributed by atoms with E-state index in [0.29, 0.717) is 42.2 Å². The molecule has 0 spiro atoms. The van der Waals surface area contributed by atoms with Crippen molar-refractivity contribution in [1.82, 2.24) is 4.90 Å². The minimum atomic E-state index is -0.193. The monoisotopic (exact) mass is 414 g/mol. The zero-order valence-electron chi connectivity index (χ0n) is 17.0. The first kappa shape index (κ1) is 21.2. The van der Waals surface area contributed by atoms with E-state index >= 15 is 0 Å². The third-order valence-corrected chi connectivity index (χ3v) is 5.62. The lowest BCUT2D eigenvalue weighted by molar-refractivity contribution is -0.121. The largest absolute Gasteiger partial charge is 0.506 e. The predicted octanol–water partition coefficient (Wildman–Crippen LogP) is 4.83. The number of phenols is 1. The fourth-order valence-corrected chi connectivity index (χ4v) is 3.58. The van der Waals surface area contributed by atoms with Crippen molar-refractivity contribution < 1.29 is 14.7 Å². The van der Waals surface area contributed by atoms with Gasteiger partial charge in [-0.2, -0.15) is 0 Å². The highest BCUT2D eigenvalue weighted by Gasteiger charge is 2.28. The van der Waals surface area contributed by atoms with E-state index in [2.05, 4.69) is 26.1 Å². The Labute approximate surface area is 176 Å². The van der Waals surface area contributed by atoms with Crippen LogP contribution in [-0.4, -0.2) is 34.9 Å². The molecule has 3 rings (SSSR count). The molecule has 29 heavy (non-hydrogen) atoms. The second kappa shape index (κ2) is 8.46. The summed E-state index contributed by atoms with van der Waals surface area (Å²) in [6.45, 7) is 7.29. The molecule has 1 fully saturated rings. The number of halogens is 1. The molecule has 1 heterocycles. The van der Waals surface area contributed by atoms with Gasteiger partial charge in [0.25, 0.3) is 5.91 Å². The van der Waals surface area contributed by atoms with E-state index in [-0.39, 0.29) is 28.9 Å². The first-order valence-electron chi connectivity index (χ1n) is 9.84. The molecule has 0 bridgehead atoms. The van der Waals surface area contributed by atoms with E-state index in [1.807, 2.05) is 12.1 Å². The summed E-state index contributed by atoms with van der Waals surface area (Å²) < 4.78 is 0. The summed E-state index contributed by atoms with van der Waals surface area (Å²) >= 11 is 5.88. The highest BCUT2D eigenvalue weighted by Crippen LogP contribution is 2.31. The molecule has 0 aliphatic carbocycles. The maximum atomic E-state index is 12.7. The van der Waals surface area contributed by atoms with Gasteiger partial charge in [0.1, 0.15) is 5.75 Å². The SMILES string of the molecule is CC(C)(C)c1ccc(O)c(NC(=O)C2CCN(C(=O)c3ccc(Cl)cc3)CC2)c1. The van der Waals surface area contributed by atoms with Crippen molar-refractivity contribution in [3.05, 3.63) is 58.6 Å². The average molecular weight is 415 g/mol. The Morgan fingerprint density at radius 3 is 2.28 bits per heavy atom. The Balaban J connectivity index is 1.60. The van der Waals surface area contributed by atoms with Gasteiger partial charge >= 0.3 is 0 Å². The van der Waals surface area contributed by atoms with Crippen LogP contribution < -0.4 is 5.32 Å². The number of carbonyl (C=O) groups excluding carboxylic acids is 2. The molecule has 0 atom stereocenters. The van der Waals surface area contributed by atoms with Crippen LogP contribution in [0.25, 0.3) is 0 Å². The van der Waals surface area contributed by atoms with E-state index in [1.54, 1.807) is 35.2 Å². The van der Waals surface area contributed by atoms with Gasteiger partial charge in [0.05, 0.1) is 5.69 Å². The first-order chi connectivity index (χ1) is 13.6. The van der Waals surface area contributed by atoms with Crippen LogP contribution in [0.4, 0.5) is 5.69 Å². The molecule has 2 N–H and O–H groups in total. The summed E-state index contributed by atoms with van der Waals surface area (Å²) in [5.74, 6) is -0.301. The van der Waals surface area contributed by atoms with Crippen molar-refractivity contribution in [2.75, 3.05) is 18.4 Å². The molecule has 0 radical (unpaired) electrons. The van der Waals surface area contributed by atoms with Crippen molar-refractivity contribution in [1.29, 1.82) is 0 Å². The Morgan fingerprint density at radius 1 is 1.07 bits per heavy atom. The minimum Gasteiger partial charge on any atom is -0.506 e. The Morgan fingerprint density at radius 2 is 1.69 bits per heavy atom. The van der Waals surface area contributed by atoms with Crippen molar-refractivity contribution in [2.24, 2.45) is 5.92 Å². The second-order valence-electron chi connectivity index (χ2n) is 8.54. The molecule has 5 nitrogen and oxygen atoms in total. The summed E-state index contributed by atoms with van der Waals surface area (Å²) in [5, 5.41) is 13.6. The lowest BCUT2D eigenvalue weighted by Gasteiger charge is -2.31. The molecular formula is C23H27ClN2O3.